The monoisotopic (exact) mass is 422 g/mol. The van der Waals surface area contributed by atoms with Crippen LogP contribution in [0.4, 0.5) is 13.6 Å². The summed E-state index contributed by atoms with van der Waals surface area (Å²) < 4.78 is 37.2. The second-order valence-corrected chi connectivity index (χ2v) is 7.13. The normalized spacial score (nSPS) is 12.4. The molecule has 0 radical (unpaired) electrons. The van der Waals surface area contributed by atoms with Gasteiger partial charge in [-0.05, 0) is 55.3 Å². The van der Waals surface area contributed by atoms with Gasteiger partial charge in [0.15, 0.2) is 11.6 Å². The molecular weight excluding hydrogens is 402 g/mol. The average molecular weight is 423 g/mol. The summed E-state index contributed by atoms with van der Waals surface area (Å²) in [7, 11) is 0. The smallest absolute Gasteiger partial charge is 0.407 e. The quantitative estimate of drug-likeness (QED) is 0.659. The van der Waals surface area contributed by atoms with Crippen LogP contribution in [0.5, 0.6) is 5.75 Å². The van der Waals surface area contributed by atoms with E-state index in [1.807, 2.05) is 0 Å². The number of nitrogens with one attached hydrogen (secondary N) is 1. The van der Waals surface area contributed by atoms with Gasteiger partial charge in [0.2, 0.25) is 5.91 Å². The fourth-order valence-electron chi connectivity index (χ4n) is 1.80. The zero-order valence-electron chi connectivity index (χ0n) is 14.2. The van der Waals surface area contributed by atoms with Crippen molar-refractivity contribution < 1.29 is 27.8 Å². The van der Waals surface area contributed by atoms with E-state index < -0.39 is 35.3 Å². The Morgan fingerprint density at radius 3 is 2.52 bits per heavy atom. The van der Waals surface area contributed by atoms with Crippen molar-refractivity contribution in [3.05, 3.63) is 28.2 Å². The van der Waals surface area contributed by atoms with Gasteiger partial charge >= 0.3 is 6.09 Å². The number of halogens is 3. The second kappa shape index (κ2) is 8.98. The molecule has 0 aliphatic heterocycles. The first-order valence-corrected chi connectivity index (χ1v) is 8.33. The van der Waals surface area contributed by atoms with Crippen LogP contribution in [0, 0.1) is 11.6 Å². The van der Waals surface area contributed by atoms with Gasteiger partial charge in [-0.2, -0.15) is 0 Å². The molecule has 0 heterocycles. The van der Waals surface area contributed by atoms with Gasteiger partial charge in [-0.25, -0.2) is 13.6 Å². The van der Waals surface area contributed by atoms with Gasteiger partial charge in [-0.15, -0.1) is 0 Å². The van der Waals surface area contributed by atoms with E-state index >= 15 is 0 Å². The minimum atomic E-state index is -0.897. The number of carbonyl (C=O) groups excluding carboxylic acids is 2. The Kier molecular flexibility index (Phi) is 7.60. The molecule has 0 aliphatic rings. The van der Waals surface area contributed by atoms with Crippen molar-refractivity contribution in [2.24, 2.45) is 5.73 Å². The van der Waals surface area contributed by atoms with Crippen LogP contribution in [0.1, 0.15) is 33.6 Å². The molecule has 2 amide bonds. The molecule has 1 unspecified atom stereocenters. The Morgan fingerprint density at radius 1 is 1.32 bits per heavy atom. The molecule has 0 saturated carbocycles. The van der Waals surface area contributed by atoms with Crippen molar-refractivity contribution in [2.75, 3.05) is 6.61 Å². The van der Waals surface area contributed by atoms with E-state index in [0.29, 0.717) is 0 Å². The number of rotatable bonds is 7. The van der Waals surface area contributed by atoms with Gasteiger partial charge in [0, 0.05) is 6.42 Å². The highest BCUT2D eigenvalue weighted by Crippen LogP contribution is 2.27. The first kappa shape index (κ1) is 21.1. The maximum Gasteiger partial charge on any atom is 0.407 e. The van der Waals surface area contributed by atoms with Gasteiger partial charge in [0.1, 0.15) is 18.0 Å². The lowest BCUT2D eigenvalue weighted by Crippen LogP contribution is -2.42. The largest absolute Gasteiger partial charge is 0.488 e. The number of hydrogen-bond donors (Lipinski definition) is 2. The van der Waals surface area contributed by atoms with Gasteiger partial charge in [-0.1, -0.05) is 0 Å². The topological polar surface area (TPSA) is 90.6 Å². The van der Waals surface area contributed by atoms with Crippen molar-refractivity contribution in [1.29, 1.82) is 0 Å². The molecule has 1 aromatic rings. The molecule has 3 N–H and O–H groups in total. The summed E-state index contributed by atoms with van der Waals surface area (Å²) in [5.74, 6) is -2.40. The molecule has 1 rings (SSSR count). The Labute approximate surface area is 153 Å². The number of nitrogens with two attached hydrogens (primary N) is 1. The zero-order chi connectivity index (χ0) is 19.2. The lowest BCUT2D eigenvalue weighted by Gasteiger charge is -2.23. The van der Waals surface area contributed by atoms with Crippen molar-refractivity contribution in [3.8, 4) is 5.75 Å². The molecule has 0 spiro atoms. The van der Waals surface area contributed by atoms with Gasteiger partial charge in [0.05, 0.1) is 10.5 Å². The third-order valence-electron chi connectivity index (χ3n) is 2.90. The maximum atomic E-state index is 13.9. The van der Waals surface area contributed by atoms with Crippen LogP contribution in [0.3, 0.4) is 0 Å². The highest BCUT2D eigenvalue weighted by molar-refractivity contribution is 9.10. The number of amides is 2. The maximum absolute atomic E-state index is 13.9. The Balaban J connectivity index is 2.75. The lowest BCUT2D eigenvalue weighted by atomic mass is 10.1. The predicted octanol–water partition coefficient (Wildman–Crippen LogP) is 3.26. The Bertz CT molecular complexity index is 635. The molecule has 6 nitrogen and oxygen atoms in total. The molecule has 0 aromatic heterocycles. The standard InChI is InChI=1S/C16H21BrF2N2O4/c1-16(2,3)25-15(23)21-9(4-7-12(20)22)8-24-11-6-5-10(18)13(17)14(11)19/h5-6,9H,4,7-8H2,1-3H3,(H2,20,22)(H,21,23). The van der Waals surface area contributed by atoms with E-state index in [-0.39, 0.29) is 29.7 Å². The average Bonchev–Trinajstić information content (AvgIpc) is 2.47. The fourth-order valence-corrected chi connectivity index (χ4v) is 2.13. The van der Waals surface area contributed by atoms with E-state index in [9.17, 15) is 18.4 Å². The molecule has 25 heavy (non-hydrogen) atoms. The predicted molar refractivity (Wildman–Crippen MR) is 91.1 cm³/mol. The summed E-state index contributed by atoms with van der Waals surface area (Å²) in [5, 5.41) is 2.54. The first-order chi connectivity index (χ1) is 11.5. The van der Waals surface area contributed by atoms with Crippen molar-refractivity contribution >= 4 is 27.9 Å². The molecule has 0 aliphatic carbocycles. The molecule has 140 valence electrons. The summed E-state index contributed by atoms with van der Waals surface area (Å²) >= 11 is 2.78. The molecule has 0 fully saturated rings. The number of carbonyl (C=O) groups is 2. The van der Waals surface area contributed by atoms with Crippen LogP contribution in [0.25, 0.3) is 0 Å². The van der Waals surface area contributed by atoms with Gasteiger partial charge in [0.25, 0.3) is 0 Å². The Morgan fingerprint density at radius 2 is 1.96 bits per heavy atom. The fraction of sp³-hybridized carbons (Fsp3) is 0.500. The second-order valence-electron chi connectivity index (χ2n) is 6.33. The molecule has 1 atom stereocenters. The molecule has 9 heteroatoms. The number of alkyl carbamates (subject to hydrolysis) is 1. The molecule has 0 bridgehead atoms. The van der Waals surface area contributed by atoms with Crippen LogP contribution >= 0.6 is 15.9 Å². The highest BCUT2D eigenvalue weighted by Gasteiger charge is 2.21. The minimum Gasteiger partial charge on any atom is -0.488 e. The highest BCUT2D eigenvalue weighted by atomic mass is 79.9. The summed E-state index contributed by atoms with van der Waals surface area (Å²) in [6.07, 6.45) is -0.524. The van der Waals surface area contributed by atoms with E-state index in [0.717, 1.165) is 12.1 Å². The summed E-state index contributed by atoms with van der Waals surface area (Å²) in [5.41, 5.74) is 4.41. The molecular formula is C16H21BrF2N2O4. The molecule has 1 aromatic carbocycles. The minimum absolute atomic E-state index is 0.000576. The molecule has 0 saturated heterocycles. The zero-order valence-corrected chi connectivity index (χ0v) is 15.8. The lowest BCUT2D eigenvalue weighted by molar-refractivity contribution is -0.118. The number of primary amides is 1. The summed E-state index contributed by atoms with van der Waals surface area (Å²) in [4.78, 5) is 22.8. The number of benzene rings is 1. The van der Waals surface area contributed by atoms with E-state index in [1.54, 1.807) is 20.8 Å². The van der Waals surface area contributed by atoms with Crippen LogP contribution in [-0.4, -0.2) is 30.3 Å². The third kappa shape index (κ3) is 7.68. The van der Waals surface area contributed by atoms with Crippen LogP contribution < -0.4 is 15.8 Å². The van der Waals surface area contributed by atoms with Crippen molar-refractivity contribution in [2.45, 2.75) is 45.3 Å². The number of ether oxygens (including phenoxy) is 2. The van der Waals surface area contributed by atoms with Crippen LogP contribution in [0.15, 0.2) is 16.6 Å². The van der Waals surface area contributed by atoms with Crippen molar-refractivity contribution in [1.82, 2.24) is 5.32 Å². The van der Waals surface area contributed by atoms with E-state index in [2.05, 4.69) is 21.2 Å². The summed E-state index contributed by atoms with van der Waals surface area (Å²) in [6, 6.07) is 1.53. The SMILES string of the molecule is CC(C)(C)OC(=O)NC(CCC(N)=O)COc1ccc(F)c(Br)c1F. The Hall–Kier alpha value is -1.90. The van der Waals surface area contributed by atoms with Crippen LogP contribution in [-0.2, 0) is 9.53 Å². The van der Waals surface area contributed by atoms with Crippen molar-refractivity contribution in [3.63, 3.8) is 0 Å². The van der Waals surface area contributed by atoms with Gasteiger partial charge in [-0.3, -0.25) is 4.79 Å². The summed E-state index contributed by atoms with van der Waals surface area (Å²) in [6.45, 7) is 4.95. The number of hydrogen-bond acceptors (Lipinski definition) is 4. The van der Waals surface area contributed by atoms with Gasteiger partial charge < -0.3 is 20.5 Å². The third-order valence-corrected chi connectivity index (χ3v) is 3.63. The first-order valence-electron chi connectivity index (χ1n) is 7.53. The van der Waals surface area contributed by atoms with E-state index in [4.69, 9.17) is 15.2 Å². The van der Waals surface area contributed by atoms with Crippen LogP contribution in [0.2, 0.25) is 0 Å². The van der Waals surface area contributed by atoms with E-state index in [1.165, 1.54) is 0 Å².